The number of benzene rings is 1. The Kier molecular flexibility index (Phi) is 3.84. The van der Waals surface area contributed by atoms with Crippen molar-refractivity contribution in [2.24, 2.45) is 0 Å². The number of aryl methyl sites for hydroxylation is 1. The van der Waals surface area contributed by atoms with Crippen LogP contribution in [0.2, 0.25) is 0 Å². The molecule has 1 aromatic heterocycles. The highest BCUT2D eigenvalue weighted by Gasteiger charge is 2.16. The van der Waals surface area contributed by atoms with Crippen molar-refractivity contribution in [1.29, 1.82) is 0 Å². The average Bonchev–Trinajstić information content (AvgIpc) is 2.69. The second kappa shape index (κ2) is 5.36. The Morgan fingerprint density at radius 1 is 1.35 bits per heavy atom. The molecule has 2 rings (SSSR count). The number of halogens is 1. The molecule has 17 heavy (non-hydrogen) atoms. The summed E-state index contributed by atoms with van der Waals surface area (Å²) in [5.41, 5.74) is 8.77. The van der Waals surface area contributed by atoms with Gasteiger partial charge >= 0.3 is 0 Å². The largest absolute Gasteiger partial charge is 0.367 e. The number of aromatic nitrogens is 1. The first-order chi connectivity index (χ1) is 8.24. The fourth-order valence-corrected chi connectivity index (χ4v) is 2.29. The highest BCUT2D eigenvalue weighted by atomic mass is 79.9. The van der Waals surface area contributed by atoms with Crippen LogP contribution < -0.4 is 5.73 Å². The third-order valence-corrected chi connectivity index (χ3v) is 3.39. The van der Waals surface area contributed by atoms with Crippen LogP contribution in [0.15, 0.2) is 33.3 Å². The van der Waals surface area contributed by atoms with Crippen LogP contribution in [0, 0.1) is 0 Å². The monoisotopic (exact) mass is 294 g/mol. The normalized spacial score (nSPS) is 10.7. The van der Waals surface area contributed by atoms with Crippen LogP contribution in [-0.2, 0) is 6.42 Å². The lowest BCUT2D eigenvalue weighted by Crippen LogP contribution is -1.92. The molecule has 0 bridgehead atoms. The summed E-state index contributed by atoms with van der Waals surface area (Å²) < 4.78 is 6.12. The van der Waals surface area contributed by atoms with Crippen molar-refractivity contribution in [2.45, 2.75) is 26.2 Å². The van der Waals surface area contributed by atoms with E-state index in [1.165, 1.54) is 0 Å². The van der Waals surface area contributed by atoms with Gasteiger partial charge in [-0.2, -0.15) is 0 Å². The summed E-state index contributed by atoms with van der Waals surface area (Å²) in [4.78, 5) is 0. The molecule has 0 amide bonds. The first-order valence-electron chi connectivity index (χ1n) is 5.73. The van der Waals surface area contributed by atoms with E-state index in [1.54, 1.807) is 0 Å². The second-order valence-corrected chi connectivity index (χ2v) is 4.81. The first kappa shape index (κ1) is 12.2. The van der Waals surface area contributed by atoms with Gasteiger partial charge < -0.3 is 10.3 Å². The molecule has 0 saturated carbocycles. The zero-order chi connectivity index (χ0) is 12.3. The molecular formula is C13H15BrN2O. The van der Waals surface area contributed by atoms with Crippen LogP contribution in [0.3, 0.4) is 0 Å². The Hall–Kier alpha value is -1.29. The number of anilines is 1. The Labute approximate surface area is 109 Å². The lowest BCUT2D eigenvalue weighted by Gasteiger charge is -2.04. The predicted octanol–water partition coefficient (Wildman–Crippen LogP) is 4.03. The van der Waals surface area contributed by atoms with Crippen LogP contribution in [0.1, 0.15) is 25.5 Å². The van der Waals surface area contributed by atoms with Gasteiger partial charge in [0.1, 0.15) is 0 Å². The molecule has 0 fully saturated rings. The second-order valence-electron chi connectivity index (χ2n) is 3.95. The molecule has 0 spiro atoms. The fraction of sp³-hybridized carbons (Fsp3) is 0.308. The minimum absolute atomic E-state index is 0.392. The van der Waals surface area contributed by atoms with Crippen LogP contribution in [0.5, 0.6) is 0 Å². The zero-order valence-electron chi connectivity index (χ0n) is 9.74. The van der Waals surface area contributed by atoms with Crippen molar-refractivity contribution in [3.63, 3.8) is 0 Å². The van der Waals surface area contributed by atoms with Gasteiger partial charge in [-0.3, -0.25) is 0 Å². The third-order valence-electron chi connectivity index (χ3n) is 2.70. The molecule has 1 aromatic carbocycles. The number of hydrogen-bond acceptors (Lipinski definition) is 3. The molecule has 4 heteroatoms. The SMILES string of the molecule is CCCCc1noc(N)c1-c1ccccc1Br. The van der Waals surface area contributed by atoms with Gasteiger partial charge in [-0.15, -0.1) is 0 Å². The number of nitrogen functional groups attached to an aromatic ring is 1. The van der Waals surface area contributed by atoms with E-state index in [0.717, 1.165) is 40.6 Å². The van der Waals surface area contributed by atoms with Crippen LogP contribution in [0.4, 0.5) is 5.88 Å². The lowest BCUT2D eigenvalue weighted by atomic mass is 10.0. The molecule has 0 aliphatic heterocycles. The van der Waals surface area contributed by atoms with E-state index in [1.807, 2.05) is 24.3 Å². The molecule has 0 aliphatic carbocycles. The number of nitrogens with zero attached hydrogens (tertiary/aromatic N) is 1. The summed E-state index contributed by atoms with van der Waals surface area (Å²) in [7, 11) is 0. The summed E-state index contributed by atoms with van der Waals surface area (Å²) in [5.74, 6) is 0.392. The van der Waals surface area contributed by atoms with E-state index >= 15 is 0 Å². The predicted molar refractivity (Wildman–Crippen MR) is 72.7 cm³/mol. The van der Waals surface area contributed by atoms with Crippen molar-refractivity contribution in [3.8, 4) is 11.1 Å². The van der Waals surface area contributed by atoms with Crippen molar-refractivity contribution in [1.82, 2.24) is 5.16 Å². The molecule has 0 saturated heterocycles. The Morgan fingerprint density at radius 2 is 2.12 bits per heavy atom. The van der Waals surface area contributed by atoms with Crippen molar-refractivity contribution in [3.05, 3.63) is 34.4 Å². The van der Waals surface area contributed by atoms with Gasteiger partial charge in [0.2, 0.25) is 5.88 Å². The summed E-state index contributed by atoms with van der Waals surface area (Å²) in [5, 5.41) is 4.05. The maximum atomic E-state index is 5.86. The minimum Gasteiger partial charge on any atom is -0.367 e. The molecule has 0 aliphatic rings. The van der Waals surface area contributed by atoms with Crippen molar-refractivity contribution < 1.29 is 4.52 Å². The topological polar surface area (TPSA) is 52.0 Å². The molecule has 0 unspecified atom stereocenters. The van der Waals surface area contributed by atoms with Gasteiger partial charge in [0.05, 0.1) is 11.3 Å². The lowest BCUT2D eigenvalue weighted by molar-refractivity contribution is 0.426. The molecule has 90 valence electrons. The molecule has 3 nitrogen and oxygen atoms in total. The Bertz CT molecular complexity index is 508. The van der Waals surface area contributed by atoms with E-state index in [4.69, 9.17) is 10.3 Å². The molecule has 0 radical (unpaired) electrons. The van der Waals surface area contributed by atoms with Gasteiger partial charge in [0, 0.05) is 10.0 Å². The molecule has 2 aromatic rings. The Balaban J connectivity index is 2.44. The highest BCUT2D eigenvalue weighted by Crippen LogP contribution is 2.35. The van der Waals surface area contributed by atoms with Crippen LogP contribution in [-0.4, -0.2) is 5.16 Å². The standard InChI is InChI=1S/C13H15BrN2O/c1-2-3-8-11-12(13(15)17-16-11)9-6-4-5-7-10(9)14/h4-7H,2-3,8,15H2,1H3. The number of rotatable bonds is 4. The minimum atomic E-state index is 0.392. The maximum Gasteiger partial charge on any atom is 0.230 e. The third kappa shape index (κ3) is 2.52. The van der Waals surface area contributed by atoms with E-state index in [0.29, 0.717) is 5.88 Å². The van der Waals surface area contributed by atoms with E-state index in [2.05, 4.69) is 28.0 Å². The molecule has 1 heterocycles. The quantitative estimate of drug-likeness (QED) is 0.926. The van der Waals surface area contributed by atoms with E-state index in [9.17, 15) is 0 Å². The smallest absolute Gasteiger partial charge is 0.230 e. The fourth-order valence-electron chi connectivity index (χ4n) is 1.80. The number of hydrogen-bond donors (Lipinski definition) is 1. The van der Waals surface area contributed by atoms with Gasteiger partial charge in [-0.25, -0.2) is 0 Å². The Morgan fingerprint density at radius 3 is 2.82 bits per heavy atom. The summed E-state index contributed by atoms with van der Waals surface area (Å²) >= 11 is 3.53. The highest BCUT2D eigenvalue weighted by molar-refractivity contribution is 9.10. The van der Waals surface area contributed by atoms with Crippen LogP contribution >= 0.6 is 15.9 Å². The van der Waals surface area contributed by atoms with Crippen molar-refractivity contribution >= 4 is 21.8 Å². The molecule has 2 N–H and O–H groups in total. The zero-order valence-corrected chi connectivity index (χ0v) is 11.3. The van der Waals surface area contributed by atoms with Crippen LogP contribution in [0.25, 0.3) is 11.1 Å². The van der Waals surface area contributed by atoms with E-state index in [-0.39, 0.29) is 0 Å². The van der Waals surface area contributed by atoms with Crippen molar-refractivity contribution in [2.75, 3.05) is 5.73 Å². The van der Waals surface area contributed by atoms with Gasteiger partial charge in [-0.1, -0.05) is 52.6 Å². The number of nitrogens with two attached hydrogens (primary N) is 1. The van der Waals surface area contributed by atoms with Gasteiger partial charge in [0.15, 0.2) is 0 Å². The number of unbranched alkanes of at least 4 members (excludes halogenated alkanes) is 1. The summed E-state index contributed by atoms with van der Waals surface area (Å²) in [6.07, 6.45) is 3.11. The van der Waals surface area contributed by atoms with Gasteiger partial charge in [-0.05, 0) is 18.9 Å². The maximum absolute atomic E-state index is 5.86. The van der Waals surface area contributed by atoms with Gasteiger partial charge in [0.25, 0.3) is 0 Å². The molecule has 0 atom stereocenters. The average molecular weight is 295 g/mol. The van der Waals surface area contributed by atoms with E-state index < -0.39 is 0 Å². The first-order valence-corrected chi connectivity index (χ1v) is 6.52. The summed E-state index contributed by atoms with van der Waals surface area (Å²) in [6, 6.07) is 7.97. The molecular weight excluding hydrogens is 280 g/mol. The summed E-state index contributed by atoms with van der Waals surface area (Å²) in [6.45, 7) is 2.15.